The van der Waals surface area contributed by atoms with Gasteiger partial charge in [0.1, 0.15) is 5.56 Å². The first-order valence-corrected chi connectivity index (χ1v) is 5.38. The quantitative estimate of drug-likeness (QED) is 0.352. The molecule has 0 unspecified atom stereocenters. The molecule has 3 N–H and O–H groups in total. The molecule has 92 valence electrons. The summed E-state index contributed by atoms with van der Waals surface area (Å²) in [6.45, 7) is 2.50. The van der Waals surface area contributed by atoms with Crippen molar-refractivity contribution in [3.05, 3.63) is 33.9 Å². The van der Waals surface area contributed by atoms with Crippen LogP contribution >= 0.6 is 0 Å². The van der Waals surface area contributed by atoms with E-state index < -0.39 is 10.8 Å². The summed E-state index contributed by atoms with van der Waals surface area (Å²) >= 11 is 0. The third-order valence-corrected chi connectivity index (χ3v) is 2.28. The third-order valence-electron chi connectivity index (χ3n) is 2.28. The van der Waals surface area contributed by atoms with E-state index in [-0.39, 0.29) is 11.3 Å². The van der Waals surface area contributed by atoms with Crippen LogP contribution < -0.4 is 11.1 Å². The molecular formula is C11H15N3O3. The Balaban J connectivity index is 2.90. The number of nitrogens with two attached hydrogens (primary N) is 1. The number of rotatable bonds is 5. The lowest BCUT2D eigenvalue weighted by Gasteiger charge is -2.05. The molecule has 0 saturated carbocycles. The predicted octanol–water partition coefficient (Wildman–Crippen LogP) is 1.71. The van der Waals surface area contributed by atoms with Crippen molar-refractivity contribution in [1.82, 2.24) is 5.32 Å². The van der Waals surface area contributed by atoms with Crippen LogP contribution in [0.25, 0.3) is 0 Å². The summed E-state index contributed by atoms with van der Waals surface area (Å²) in [7, 11) is 0. The van der Waals surface area contributed by atoms with Gasteiger partial charge in [0.05, 0.1) is 4.92 Å². The van der Waals surface area contributed by atoms with Crippen molar-refractivity contribution in [1.29, 1.82) is 0 Å². The Morgan fingerprint density at radius 3 is 2.82 bits per heavy atom. The Labute approximate surface area is 99.0 Å². The van der Waals surface area contributed by atoms with Gasteiger partial charge >= 0.3 is 0 Å². The first-order valence-electron chi connectivity index (χ1n) is 5.38. The van der Waals surface area contributed by atoms with E-state index >= 15 is 0 Å². The fraction of sp³-hybridized carbons (Fsp3) is 0.364. The molecular weight excluding hydrogens is 222 g/mol. The predicted molar refractivity (Wildman–Crippen MR) is 64.8 cm³/mol. The Morgan fingerprint density at radius 1 is 1.53 bits per heavy atom. The fourth-order valence-electron chi connectivity index (χ4n) is 1.37. The van der Waals surface area contributed by atoms with Gasteiger partial charge in [0.25, 0.3) is 11.6 Å². The van der Waals surface area contributed by atoms with Crippen LogP contribution in [0.2, 0.25) is 0 Å². The summed E-state index contributed by atoms with van der Waals surface area (Å²) in [5.74, 6) is -0.461. The largest absolute Gasteiger partial charge is 0.399 e. The Morgan fingerprint density at radius 2 is 2.24 bits per heavy atom. The van der Waals surface area contributed by atoms with Gasteiger partial charge in [0.15, 0.2) is 0 Å². The number of carbonyl (C=O) groups is 1. The first-order chi connectivity index (χ1) is 8.06. The van der Waals surface area contributed by atoms with E-state index in [1.165, 1.54) is 18.2 Å². The summed E-state index contributed by atoms with van der Waals surface area (Å²) in [4.78, 5) is 21.9. The van der Waals surface area contributed by atoms with Gasteiger partial charge in [-0.1, -0.05) is 13.3 Å². The summed E-state index contributed by atoms with van der Waals surface area (Å²) in [6, 6.07) is 3.96. The Kier molecular flexibility index (Phi) is 4.45. The van der Waals surface area contributed by atoms with Crippen LogP contribution in [0.5, 0.6) is 0 Å². The van der Waals surface area contributed by atoms with E-state index in [0.717, 1.165) is 12.8 Å². The number of nitrogen functional groups attached to an aromatic ring is 1. The lowest BCUT2D eigenvalue weighted by molar-refractivity contribution is -0.385. The molecule has 1 aromatic rings. The zero-order chi connectivity index (χ0) is 12.8. The molecule has 0 aliphatic rings. The van der Waals surface area contributed by atoms with Gasteiger partial charge in [0.2, 0.25) is 0 Å². The van der Waals surface area contributed by atoms with E-state index in [4.69, 9.17) is 5.73 Å². The second-order valence-electron chi connectivity index (χ2n) is 3.64. The lowest BCUT2D eigenvalue weighted by atomic mass is 10.1. The molecule has 0 aliphatic carbocycles. The molecule has 6 nitrogen and oxygen atoms in total. The van der Waals surface area contributed by atoms with Crippen molar-refractivity contribution in [3.63, 3.8) is 0 Å². The molecule has 0 heterocycles. The smallest absolute Gasteiger partial charge is 0.282 e. The van der Waals surface area contributed by atoms with E-state index in [1.54, 1.807) is 0 Å². The molecule has 0 aromatic heterocycles. The number of nitrogens with zero attached hydrogens (tertiary/aromatic N) is 1. The average Bonchev–Trinajstić information content (AvgIpc) is 2.28. The van der Waals surface area contributed by atoms with Crippen LogP contribution in [0.3, 0.4) is 0 Å². The maximum absolute atomic E-state index is 11.7. The Hall–Kier alpha value is -2.11. The summed E-state index contributed by atoms with van der Waals surface area (Å²) < 4.78 is 0. The fourth-order valence-corrected chi connectivity index (χ4v) is 1.37. The molecule has 0 aliphatic heterocycles. The minimum absolute atomic E-state index is 0.00565. The zero-order valence-electron chi connectivity index (χ0n) is 9.60. The number of nitrogens with one attached hydrogen (secondary N) is 1. The minimum Gasteiger partial charge on any atom is -0.399 e. The SMILES string of the molecule is CCCCNC(=O)c1cc(N)ccc1[N+](=O)[O-]. The summed E-state index contributed by atoms with van der Waals surface area (Å²) in [6.07, 6.45) is 1.78. The number of nitro groups is 1. The molecule has 6 heteroatoms. The van der Waals surface area contributed by atoms with Crippen molar-refractivity contribution in [2.45, 2.75) is 19.8 Å². The van der Waals surface area contributed by atoms with Gasteiger partial charge in [-0.3, -0.25) is 14.9 Å². The lowest BCUT2D eigenvalue weighted by Crippen LogP contribution is -2.25. The average molecular weight is 237 g/mol. The maximum Gasteiger partial charge on any atom is 0.282 e. The third kappa shape index (κ3) is 3.44. The number of benzene rings is 1. The number of carbonyl (C=O) groups excluding carboxylic acids is 1. The van der Waals surface area contributed by atoms with Crippen LogP contribution in [0, 0.1) is 10.1 Å². The van der Waals surface area contributed by atoms with Crippen LogP contribution in [0.1, 0.15) is 30.1 Å². The second kappa shape index (κ2) is 5.83. The second-order valence-corrected chi connectivity index (χ2v) is 3.64. The molecule has 0 spiro atoms. The van der Waals surface area contributed by atoms with Gasteiger partial charge in [-0.2, -0.15) is 0 Å². The standard InChI is InChI=1S/C11H15N3O3/c1-2-3-6-13-11(15)9-7-8(12)4-5-10(9)14(16)17/h4-5,7H,2-3,6,12H2,1H3,(H,13,15). The molecule has 17 heavy (non-hydrogen) atoms. The van der Waals surface area contributed by atoms with Crippen molar-refractivity contribution >= 4 is 17.3 Å². The monoisotopic (exact) mass is 237 g/mol. The number of nitro benzene ring substituents is 1. The molecule has 0 atom stereocenters. The normalized spacial score (nSPS) is 9.94. The van der Waals surface area contributed by atoms with Crippen LogP contribution in [0.15, 0.2) is 18.2 Å². The van der Waals surface area contributed by atoms with E-state index in [9.17, 15) is 14.9 Å². The highest BCUT2D eigenvalue weighted by Crippen LogP contribution is 2.20. The molecule has 1 aromatic carbocycles. The summed E-state index contributed by atoms with van der Waals surface area (Å²) in [5, 5.41) is 13.4. The van der Waals surface area contributed by atoms with Gasteiger partial charge < -0.3 is 11.1 Å². The van der Waals surface area contributed by atoms with Crippen molar-refractivity contribution in [2.75, 3.05) is 12.3 Å². The molecule has 1 rings (SSSR count). The van der Waals surface area contributed by atoms with Gasteiger partial charge in [-0.05, 0) is 18.6 Å². The maximum atomic E-state index is 11.7. The topological polar surface area (TPSA) is 98.3 Å². The van der Waals surface area contributed by atoms with Crippen molar-refractivity contribution < 1.29 is 9.72 Å². The van der Waals surface area contributed by atoms with E-state index in [2.05, 4.69) is 5.32 Å². The highest BCUT2D eigenvalue weighted by Gasteiger charge is 2.19. The van der Waals surface area contributed by atoms with Gasteiger partial charge in [-0.15, -0.1) is 0 Å². The van der Waals surface area contributed by atoms with Crippen molar-refractivity contribution in [3.8, 4) is 0 Å². The molecule has 0 radical (unpaired) electrons. The number of amides is 1. The highest BCUT2D eigenvalue weighted by molar-refractivity contribution is 5.99. The Bertz CT molecular complexity index is 432. The number of unbranched alkanes of at least 4 members (excludes halogenated alkanes) is 1. The zero-order valence-corrected chi connectivity index (χ0v) is 9.60. The van der Waals surface area contributed by atoms with Crippen LogP contribution in [-0.4, -0.2) is 17.4 Å². The first kappa shape index (κ1) is 13.0. The van der Waals surface area contributed by atoms with Crippen LogP contribution in [-0.2, 0) is 0 Å². The molecule has 1 amide bonds. The van der Waals surface area contributed by atoms with E-state index in [0.29, 0.717) is 12.2 Å². The minimum atomic E-state index is -0.589. The summed E-state index contributed by atoms with van der Waals surface area (Å²) in [5.41, 5.74) is 5.62. The molecule has 0 saturated heterocycles. The van der Waals surface area contributed by atoms with Gasteiger partial charge in [0, 0.05) is 18.3 Å². The number of hydrogen-bond acceptors (Lipinski definition) is 4. The van der Waals surface area contributed by atoms with Crippen LogP contribution in [0.4, 0.5) is 11.4 Å². The molecule has 0 bridgehead atoms. The van der Waals surface area contributed by atoms with E-state index in [1.807, 2.05) is 6.92 Å². The van der Waals surface area contributed by atoms with Crippen molar-refractivity contribution in [2.24, 2.45) is 0 Å². The van der Waals surface area contributed by atoms with Gasteiger partial charge in [-0.25, -0.2) is 0 Å². The number of hydrogen-bond donors (Lipinski definition) is 2. The molecule has 0 fully saturated rings. The highest BCUT2D eigenvalue weighted by atomic mass is 16.6. The number of anilines is 1.